The Morgan fingerprint density at radius 3 is 2.69 bits per heavy atom. The topological polar surface area (TPSA) is 25.2 Å². The van der Waals surface area contributed by atoms with Crippen molar-refractivity contribution in [3.8, 4) is 5.75 Å². The van der Waals surface area contributed by atoms with Crippen molar-refractivity contribution in [1.82, 2.24) is 4.57 Å². The van der Waals surface area contributed by atoms with Crippen LogP contribution in [0.2, 0.25) is 0 Å². The van der Waals surface area contributed by atoms with Gasteiger partial charge in [0.25, 0.3) is 0 Å². The lowest BCUT2D eigenvalue weighted by Gasteiger charge is -1.97. The average molecular weight is 240 g/mol. The Morgan fingerprint density at radius 2 is 2.08 bits per heavy atom. The number of hydrogen-bond donors (Lipinski definition) is 1. The molecule has 0 aliphatic carbocycles. The number of halogens is 1. The maximum atomic E-state index is 9.65. The predicted molar refractivity (Wildman–Crippen MR) is 57.0 cm³/mol. The molecule has 0 radical (unpaired) electrons. The van der Waals surface area contributed by atoms with Crippen LogP contribution in [0.15, 0.2) is 22.7 Å². The van der Waals surface area contributed by atoms with Crippen molar-refractivity contribution in [3.05, 3.63) is 28.4 Å². The van der Waals surface area contributed by atoms with Gasteiger partial charge in [0.2, 0.25) is 0 Å². The molecule has 2 nitrogen and oxygen atoms in total. The summed E-state index contributed by atoms with van der Waals surface area (Å²) < 4.78 is 3.03. The fourth-order valence-electron chi connectivity index (χ4n) is 1.54. The summed E-state index contributed by atoms with van der Waals surface area (Å²) in [7, 11) is 1.99. The highest BCUT2D eigenvalue weighted by atomic mass is 79.9. The highest BCUT2D eigenvalue weighted by Gasteiger charge is 2.11. The molecule has 0 atom stereocenters. The fourth-order valence-corrected chi connectivity index (χ4v) is 2.21. The minimum absolute atomic E-state index is 0.327. The monoisotopic (exact) mass is 239 g/mol. The number of benzene rings is 1. The van der Waals surface area contributed by atoms with Gasteiger partial charge in [-0.25, -0.2) is 0 Å². The third-order valence-electron chi connectivity index (χ3n) is 2.42. The van der Waals surface area contributed by atoms with Crippen molar-refractivity contribution in [2.75, 3.05) is 0 Å². The summed E-state index contributed by atoms with van der Waals surface area (Å²) >= 11 is 3.47. The van der Waals surface area contributed by atoms with Gasteiger partial charge in [-0.1, -0.05) is 6.07 Å². The lowest BCUT2D eigenvalue weighted by molar-refractivity contribution is 0.481. The maximum absolute atomic E-state index is 9.65. The molecule has 0 unspecified atom stereocenters. The fraction of sp³-hybridized carbons (Fsp3) is 0.200. The summed E-state index contributed by atoms with van der Waals surface area (Å²) in [5.41, 5.74) is 2.17. The number of aromatic nitrogens is 1. The van der Waals surface area contributed by atoms with Crippen LogP contribution in [-0.2, 0) is 7.05 Å². The van der Waals surface area contributed by atoms with Gasteiger partial charge in [-0.05, 0) is 35.0 Å². The van der Waals surface area contributed by atoms with Gasteiger partial charge >= 0.3 is 0 Å². The molecule has 0 bridgehead atoms. The van der Waals surface area contributed by atoms with Crippen LogP contribution in [0.25, 0.3) is 10.9 Å². The third kappa shape index (κ3) is 1.07. The molecule has 3 heteroatoms. The van der Waals surface area contributed by atoms with E-state index in [4.69, 9.17) is 0 Å². The van der Waals surface area contributed by atoms with E-state index in [1.165, 1.54) is 0 Å². The van der Waals surface area contributed by atoms with E-state index >= 15 is 0 Å². The zero-order chi connectivity index (χ0) is 9.59. The molecule has 1 aromatic carbocycles. The molecule has 1 aromatic heterocycles. The molecule has 0 aliphatic heterocycles. The van der Waals surface area contributed by atoms with Crippen LogP contribution in [-0.4, -0.2) is 9.67 Å². The highest BCUT2D eigenvalue weighted by molar-refractivity contribution is 9.10. The maximum Gasteiger partial charge on any atom is 0.126 e. The second-order valence-electron chi connectivity index (χ2n) is 3.13. The molecule has 2 aromatic rings. The zero-order valence-electron chi connectivity index (χ0n) is 7.50. The lowest BCUT2D eigenvalue weighted by atomic mass is 10.2. The van der Waals surface area contributed by atoms with Crippen LogP contribution in [0, 0.1) is 6.92 Å². The number of rotatable bonds is 0. The summed E-state index contributed by atoms with van der Waals surface area (Å²) in [5, 5.41) is 10.5. The summed E-state index contributed by atoms with van der Waals surface area (Å²) in [6, 6.07) is 5.54. The Balaban J connectivity index is 3.03. The van der Waals surface area contributed by atoms with Gasteiger partial charge in [-0.3, -0.25) is 0 Å². The van der Waals surface area contributed by atoms with Crippen LogP contribution in [0.4, 0.5) is 0 Å². The number of hydrogen-bond acceptors (Lipinski definition) is 1. The van der Waals surface area contributed by atoms with E-state index in [9.17, 15) is 5.11 Å². The summed E-state index contributed by atoms with van der Waals surface area (Å²) in [5.74, 6) is 0.327. The summed E-state index contributed by atoms with van der Waals surface area (Å²) in [4.78, 5) is 0. The van der Waals surface area contributed by atoms with Gasteiger partial charge in [-0.2, -0.15) is 0 Å². The molecule has 1 heterocycles. The number of fused-ring (bicyclic) bond motifs is 1. The van der Waals surface area contributed by atoms with Crippen LogP contribution >= 0.6 is 15.9 Å². The van der Waals surface area contributed by atoms with Crippen molar-refractivity contribution in [1.29, 1.82) is 0 Å². The van der Waals surface area contributed by atoms with Crippen LogP contribution in [0.5, 0.6) is 5.75 Å². The van der Waals surface area contributed by atoms with E-state index in [-0.39, 0.29) is 0 Å². The Bertz CT molecular complexity index is 473. The number of nitrogens with zero attached hydrogens (tertiary/aromatic N) is 1. The lowest BCUT2D eigenvalue weighted by Crippen LogP contribution is -1.88. The van der Waals surface area contributed by atoms with E-state index < -0.39 is 0 Å². The number of aromatic hydroxyl groups is 1. The Hall–Kier alpha value is -0.960. The van der Waals surface area contributed by atoms with Crippen molar-refractivity contribution in [2.45, 2.75) is 6.92 Å². The first kappa shape index (κ1) is 8.63. The first-order valence-corrected chi connectivity index (χ1v) is 4.84. The number of phenolic OH excluding ortho intramolecular Hbond substituents is 1. The molecule has 0 spiro atoms. The molecular formula is C10H10BrNO. The number of phenols is 1. The van der Waals surface area contributed by atoms with Crippen LogP contribution in [0.3, 0.4) is 0 Å². The smallest absolute Gasteiger partial charge is 0.126 e. The van der Waals surface area contributed by atoms with Crippen molar-refractivity contribution in [2.24, 2.45) is 7.05 Å². The van der Waals surface area contributed by atoms with E-state index in [0.29, 0.717) is 5.75 Å². The van der Waals surface area contributed by atoms with E-state index in [0.717, 1.165) is 21.1 Å². The van der Waals surface area contributed by atoms with Crippen molar-refractivity contribution < 1.29 is 5.11 Å². The van der Waals surface area contributed by atoms with Gasteiger partial charge in [0.05, 0.1) is 10.9 Å². The second-order valence-corrected chi connectivity index (χ2v) is 3.92. The summed E-state index contributed by atoms with van der Waals surface area (Å²) in [6.45, 7) is 2.02. The average Bonchev–Trinajstić information content (AvgIpc) is 2.33. The molecule has 0 aliphatic rings. The Kier molecular flexibility index (Phi) is 1.84. The van der Waals surface area contributed by atoms with Gasteiger partial charge in [0.1, 0.15) is 5.75 Å². The largest absolute Gasteiger partial charge is 0.507 e. The van der Waals surface area contributed by atoms with Gasteiger partial charge in [0, 0.05) is 17.2 Å². The molecule has 13 heavy (non-hydrogen) atoms. The first-order chi connectivity index (χ1) is 6.13. The van der Waals surface area contributed by atoms with Gasteiger partial charge < -0.3 is 9.67 Å². The number of aryl methyl sites for hydroxylation is 1. The van der Waals surface area contributed by atoms with E-state index in [1.807, 2.05) is 26.1 Å². The molecule has 2 rings (SSSR count). The quantitative estimate of drug-likeness (QED) is 0.752. The predicted octanol–water partition coefficient (Wildman–Crippen LogP) is 2.95. The normalized spacial score (nSPS) is 11.0. The molecule has 0 saturated heterocycles. The molecule has 0 saturated carbocycles. The Morgan fingerprint density at radius 1 is 1.38 bits per heavy atom. The summed E-state index contributed by atoms with van der Waals surface area (Å²) in [6.07, 6.45) is 0. The molecule has 1 N–H and O–H groups in total. The van der Waals surface area contributed by atoms with Crippen LogP contribution in [0.1, 0.15) is 5.69 Å². The van der Waals surface area contributed by atoms with E-state index in [2.05, 4.69) is 20.5 Å². The van der Waals surface area contributed by atoms with Gasteiger partial charge in [0.15, 0.2) is 0 Å². The molecular weight excluding hydrogens is 230 g/mol. The second kappa shape index (κ2) is 2.77. The molecule has 68 valence electrons. The van der Waals surface area contributed by atoms with Gasteiger partial charge in [-0.15, -0.1) is 0 Å². The van der Waals surface area contributed by atoms with Crippen molar-refractivity contribution in [3.63, 3.8) is 0 Å². The minimum atomic E-state index is 0.327. The first-order valence-electron chi connectivity index (χ1n) is 4.05. The molecule has 0 amide bonds. The third-order valence-corrected chi connectivity index (χ3v) is 3.39. The van der Waals surface area contributed by atoms with Crippen molar-refractivity contribution >= 4 is 26.8 Å². The standard InChI is InChI=1S/C10H10BrNO/c1-6-10(11)9-7(12(6)2)4-3-5-8(9)13/h3-5,13H,1-2H3. The van der Waals surface area contributed by atoms with Crippen LogP contribution < -0.4 is 0 Å². The SMILES string of the molecule is Cc1c(Br)c2c(O)cccc2n1C. The minimum Gasteiger partial charge on any atom is -0.507 e. The molecule has 0 fully saturated rings. The zero-order valence-corrected chi connectivity index (χ0v) is 9.09. The highest BCUT2D eigenvalue weighted by Crippen LogP contribution is 2.35. The van der Waals surface area contributed by atoms with E-state index in [1.54, 1.807) is 6.07 Å². The Labute approximate surface area is 84.9 Å².